The molecule has 0 saturated carbocycles. The van der Waals surface area contributed by atoms with Crippen LogP contribution in [0.2, 0.25) is 5.15 Å². The van der Waals surface area contributed by atoms with Gasteiger partial charge in [0.05, 0.1) is 0 Å². The summed E-state index contributed by atoms with van der Waals surface area (Å²) in [6, 6.07) is 1.13. The van der Waals surface area contributed by atoms with Crippen molar-refractivity contribution in [3.05, 3.63) is 16.8 Å². The minimum absolute atomic E-state index is 0.0663. The lowest BCUT2D eigenvalue weighted by atomic mass is 10.5. The number of carboxylic acid groups (broad SMARTS) is 1. The zero-order chi connectivity index (χ0) is 10.9. The second kappa shape index (κ2) is 3.54. The summed E-state index contributed by atoms with van der Waals surface area (Å²) in [5.41, 5.74) is -0.541. The molecule has 0 aliphatic rings. The van der Waals surface area contributed by atoms with Gasteiger partial charge in [0, 0.05) is 13.1 Å². The molecule has 0 radical (unpaired) electrons. The number of aromatic nitrogens is 2. The third-order valence-electron chi connectivity index (χ3n) is 1.51. The summed E-state index contributed by atoms with van der Waals surface area (Å²) in [4.78, 5) is 14.7. The maximum absolute atomic E-state index is 10.6. The van der Waals surface area contributed by atoms with Crippen molar-refractivity contribution >= 4 is 23.5 Å². The molecule has 0 spiro atoms. The second-order valence-electron chi connectivity index (χ2n) is 2.41. The van der Waals surface area contributed by atoms with Gasteiger partial charge in [-0.15, -0.1) is 4.73 Å². The molecule has 0 atom stereocenters. The highest BCUT2D eigenvalue weighted by molar-refractivity contribution is 6.29. The lowest BCUT2D eigenvalue weighted by Gasteiger charge is -2.14. The number of hydrogen-bond acceptors (Lipinski definition) is 4. The fourth-order valence-electron chi connectivity index (χ4n) is 0.794. The normalized spacial score (nSPS) is 9.86. The first-order valence-electron chi connectivity index (χ1n) is 3.43. The van der Waals surface area contributed by atoms with Crippen LogP contribution in [0.1, 0.15) is 0 Å². The molecule has 0 unspecified atom stereocenters. The predicted octanol–water partition coefficient (Wildman–Crippen LogP) is 0.367. The van der Waals surface area contributed by atoms with Gasteiger partial charge in [-0.05, 0) is 0 Å². The number of carbonyl (C=O) groups is 1. The molecule has 1 rings (SSSR count). The van der Waals surface area contributed by atoms with Gasteiger partial charge in [-0.2, -0.15) is 4.98 Å². The molecule has 1 aromatic rings. The molecule has 0 fully saturated rings. The lowest BCUT2D eigenvalue weighted by Crippen LogP contribution is -2.32. The first-order chi connectivity index (χ1) is 6.43. The molecule has 3 N–H and O–H groups in total. The van der Waals surface area contributed by atoms with Crippen LogP contribution in [-0.2, 0) is 0 Å². The summed E-state index contributed by atoms with van der Waals surface area (Å²) in [7, 11) is 1.21. The fraction of sp³-hybridized carbons (Fsp3) is 0.167. The smallest absolute Gasteiger partial charge is 0.412 e. The van der Waals surface area contributed by atoms with Crippen LogP contribution in [0, 0.1) is 5.41 Å². The average Bonchev–Trinajstić information content (AvgIpc) is 2.09. The van der Waals surface area contributed by atoms with Crippen molar-refractivity contribution in [3.8, 4) is 0 Å². The van der Waals surface area contributed by atoms with Gasteiger partial charge >= 0.3 is 6.09 Å². The number of nitrogens with one attached hydrogen (secondary N) is 1. The van der Waals surface area contributed by atoms with Crippen LogP contribution >= 0.6 is 11.6 Å². The fourth-order valence-corrected chi connectivity index (χ4v) is 0.972. The van der Waals surface area contributed by atoms with Crippen LogP contribution < -0.4 is 10.5 Å². The molecule has 0 aliphatic carbocycles. The second-order valence-corrected chi connectivity index (χ2v) is 2.80. The Bertz CT molecular complexity index is 430. The molecule has 8 heteroatoms. The van der Waals surface area contributed by atoms with E-state index in [0.717, 1.165) is 6.07 Å². The Hall–Kier alpha value is -1.76. The topological polar surface area (TPSA) is 102 Å². The summed E-state index contributed by atoms with van der Waals surface area (Å²) in [5.74, 6) is -0.150. The number of anilines is 1. The standard InChI is InChI=1S/C6H7ClN4O3/c1-10(6(12)13)4-2-3(7)9-5(8)11(4)14/h2,8,14H,1H3,(H,12,13). The third kappa shape index (κ3) is 1.77. The number of amides is 1. The van der Waals surface area contributed by atoms with Gasteiger partial charge in [0.25, 0.3) is 5.62 Å². The zero-order valence-electron chi connectivity index (χ0n) is 7.10. The van der Waals surface area contributed by atoms with E-state index in [4.69, 9.17) is 22.1 Å². The Kier molecular flexibility index (Phi) is 2.61. The van der Waals surface area contributed by atoms with Crippen LogP contribution in [0.25, 0.3) is 0 Å². The van der Waals surface area contributed by atoms with Crippen LogP contribution in [0.5, 0.6) is 0 Å². The first kappa shape index (κ1) is 10.3. The highest BCUT2D eigenvalue weighted by atomic mass is 35.5. The minimum atomic E-state index is -1.28. The molecule has 76 valence electrons. The van der Waals surface area contributed by atoms with Gasteiger partial charge in [-0.1, -0.05) is 11.6 Å². The van der Waals surface area contributed by atoms with E-state index < -0.39 is 11.7 Å². The van der Waals surface area contributed by atoms with Crippen LogP contribution in [0.15, 0.2) is 6.07 Å². The Morgan fingerprint density at radius 2 is 2.36 bits per heavy atom. The Labute approximate surface area is 83.3 Å². The van der Waals surface area contributed by atoms with Crippen molar-refractivity contribution in [3.63, 3.8) is 0 Å². The molecule has 0 saturated heterocycles. The van der Waals surface area contributed by atoms with Gasteiger partial charge < -0.3 is 10.3 Å². The van der Waals surface area contributed by atoms with Crippen molar-refractivity contribution < 1.29 is 15.1 Å². The van der Waals surface area contributed by atoms with Gasteiger partial charge in [0.15, 0.2) is 5.82 Å². The van der Waals surface area contributed by atoms with Crippen molar-refractivity contribution in [1.82, 2.24) is 9.71 Å². The molecule has 0 bridgehead atoms. The zero-order valence-corrected chi connectivity index (χ0v) is 7.86. The molecule has 1 amide bonds. The summed E-state index contributed by atoms with van der Waals surface area (Å²) >= 11 is 5.50. The van der Waals surface area contributed by atoms with E-state index in [1.165, 1.54) is 7.05 Å². The lowest BCUT2D eigenvalue weighted by molar-refractivity contribution is 0.164. The molecule has 14 heavy (non-hydrogen) atoms. The average molecular weight is 219 g/mol. The number of hydrogen-bond donors (Lipinski definition) is 3. The maximum atomic E-state index is 10.6. The molecule has 1 aromatic heterocycles. The maximum Gasteiger partial charge on any atom is 0.412 e. The van der Waals surface area contributed by atoms with Gasteiger partial charge in [-0.25, -0.2) is 4.79 Å². The summed E-state index contributed by atoms with van der Waals surface area (Å²) in [6.07, 6.45) is -1.28. The highest BCUT2D eigenvalue weighted by Gasteiger charge is 2.14. The Morgan fingerprint density at radius 3 is 2.86 bits per heavy atom. The van der Waals surface area contributed by atoms with E-state index in [9.17, 15) is 10.0 Å². The molecule has 0 aliphatic heterocycles. The summed E-state index contributed by atoms with van der Waals surface area (Å²) in [5, 5.41) is 24.9. The highest BCUT2D eigenvalue weighted by Crippen LogP contribution is 2.12. The number of halogens is 1. The predicted molar refractivity (Wildman–Crippen MR) is 46.7 cm³/mol. The molecule has 7 nitrogen and oxygen atoms in total. The van der Waals surface area contributed by atoms with E-state index in [1.54, 1.807) is 0 Å². The third-order valence-corrected chi connectivity index (χ3v) is 1.70. The molecular weight excluding hydrogens is 212 g/mol. The van der Waals surface area contributed by atoms with Gasteiger partial charge in [0.1, 0.15) is 5.15 Å². The van der Waals surface area contributed by atoms with Crippen LogP contribution in [0.4, 0.5) is 10.6 Å². The number of nitrogens with zero attached hydrogens (tertiary/aromatic N) is 3. The SMILES string of the molecule is CN(C(=O)O)c1cc(Cl)nc(=N)n1O. The minimum Gasteiger partial charge on any atom is -0.465 e. The monoisotopic (exact) mass is 218 g/mol. The van der Waals surface area contributed by atoms with E-state index in [0.29, 0.717) is 9.63 Å². The van der Waals surface area contributed by atoms with Crippen LogP contribution in [0.3, 0.4) is 0 Å². The molecule has 0 aromatic carbocycles. The molecule has 1 heterocycles. The van der Waals surface area contributed by atoms with Crippen molar-refractivity contribution in [1.29, 1.82) is 5.41 Å². The van der Waals surface area contributed by atoms with E-state index >= 15 is 0 Å². The van der Waals surface area contributed by atoms with E-state index in [2.05, 4.69) is 4.98 Å². The molecular formula is C6H7ClN4O3. The first-order valence-corrected chi connectivity index (χ1v) is 3.81. The van der Waals surface area contributed by atoms with Crippen molar-refractivity contribution in [2.45, 2.75) is 0 Å². The van der Waals surface area contributed by atoms with Crippen molar-refractivity contribution in [2.24, 2.45) is 0 Å². The van der Waals surface area contributed by atoms with Gasteiger partial charge in [0.2, 0.25) is 0 Å². The number of rotatable bonds is 1. The largest absolute Gasteiger partial charge is 0.465 e. The van der Waals surface area contributed by atoms with Crippen LogP contribution in [-0.4, -0.2) is 33.2 Å². The van der Waals surface area contributed by atoms with Gasteiger partial charge in [-0.3, -0.25) is 10.3 Å². The van der Waals surface area contributed by atoms with E-state index in [1.807, 2.05) is 0 Å². The Balaban J connectivity index is 3.34. The van der Waals surface area contributed by atoms with Crippen molar-refractivity contribution in [2.75, 3.05) is 11.9 Å². The summed E-state index contributed by atoms with van der Waals surface area (Å²) < 4.78 is 0.319. The Morgan fingerprint density at radius 1 is 1.79 bits per heavy atom. The van der Waals surface area contributed by atoms with E-state index in [-0.39, 0.29) is 11.0 Å². The summed E-state index contributed by atoms with van der Waals surface area (Å²) in [6.45, 7) is 0. The quantitative estimate of drug-likeness (QED) is 0.468.